The number of carboxylic acid groups (broad SMARTS) is 1. The van der Waals surface area contributed by atoms with E-state index in [0.29, 0.717) is 23.9 Å². The Balaban J connectivity index is 1.65. The van der Waals surface area contributed by atoms with Crippen LogP contribution in [0.25, 0.3) is 11.3 Å². The maximum atomic E-state index is 13.7. The Morgan fingerprint density at radius 1 is 0.906 bits per heavy atom. The fourth-order valence-corrected chi connectivity index (χ4v) is 7.33. The Hall–Kier alpha value is -5.13. The number of likely N-dealkylation sites (N-methyl/N-ethyl adjacent to an activating group) is 1. The van der Waals surface area contributed by atoms with Crippen LogP contribution in [-0.2, 0) is 22.0 Å². The monoisotopic (exact) mass is 735 g/mol. The van der Waals surface area contributed by atoms with E-state index in [1.807, 2.05) is 62.5 Å². The van der Waals surface area contributed by atoms with Gasteiger partial charge in [0.05, 0.1) is 27.9 Å². The molecule has 2 aromatic heterocycles. The van der Waals surface area contributed by atoms with Crippen molar-refractivity contribution in [3.05, 3.63) is 131 Å². The predicted octanol–water partition coefficient (Wildman–Crippen LogP) is 8.62. The summed E-state index contributed by atoms with van der Waals surface area (Å²) in [5, 5.41) is 9.50. The second-order valence-corrected chi connectivity index (χ2v) is 16.7. The molecule has 53 heavy (non-hydrogen) atoms. The third-order valence-corrected chi connectivity index (χ3v) is 10.5. The molecule has 0 aliphatic carbocycles. The van der Waals surface area contributed by atoms with Crippen molar-refractivity contribution in [2.24, 2.45) is 5.92 Å². The first kappa shape index (κ1) is 39.1. The number of anilines is 1. The minimum Gasteiger partial charge on any atom is -0.478 e. The topological polar surface area (TPSA) is 135 Å². The van der Waals surface area contributed by atoms with Crippen molar-refractivity contribution in [1.29, 1.82) is 0 Å². The summed E-state index contributed by atoms with van der Waals surface area (Å²) in [4.78, 5) is 27.9. The molecule has 5 rings (SSSR count). The number of benzene rings is 3. The van der Waals surface area contributed by atoms with Crippen molar-refractivity contribution in [1.82, 2.24) is 19.9 Å². The Kier molecular flexibility index (Phi) is 12.0. The average molecular weight is 736 g/mol. The SMILES string of the molecule is Cc1cccc(C)c1-c1cc(O[C@H](c2ccc(C(C)(C)C)cn2)[C@@H](CC(C)C)N(C)Cc2ccccc2)nc(NS(=O)(=O)c2cccc(C(=O)O)c2)n1. The molecule has 3 aromatic carbocycles. The third kappa shape index (κ3) is 9.85. The normalized spacial score (nSPS) is 13.2. The molecule has 2 atom stereocenters. The number of ether oxygens (including phenoxy) is 1. The Morgan fingerprint density at radius 2 is 1.58 bits per heavy atom. The van der Waals surface area contributed by atoms with Crippen molar-refractivity contribution < 1.29 is 23.1 Å². The first-order valence-electron chi connectivity index (χ1n) is 17.7. The van der Waals surface area contributed by atoms with Gasteiger partial charge in [0, 0.05) is 24.4 Å². The van der Waals surface area contributed by atoms with E-state index in [4.69, 9.17) is 9.72 Å². The van der Waals surface area contributed by atoms with E-state index in [2.05, 4.69) is 79.5 Å². The van der Waals surface area contributed by atoms with Crippen molar-refractivity contribution in [3.8, 4) is 17.1 Å². The van der Waals surface area contributed by atoms with Gasteiger partial charge >= 0.3 is 5.97 Å². The van der Waals surface area contributed by atoms with Gasteiger partial charge in [0.2, 0.25) is 11.8 Å². The lowest BCUT2D eigenvalue weighted by Crippen LogP contribution is -2.40. The lowest BCUT2D eigenvalue weighted by atomic mass is 9.87. The summed E-state index contributed by atoms with van der Waals surface area (Å²) in [5.74, 6) is -0.996. The van der Waals surface area contributed by atoms with Gasteiger partial charge in [-0.15, -0.1) is 0 Å². The number of rotatable bonds is 14. The number of carbonyl (C=O) groups is 1. The molecule has 0 amide bonds. The quantitative estimate of drug-likeness (QED) is 0.115. The Bertz CT molecular complexity index is 2130. The average Bonchev–Trinajstić information content (AvgIpc) is 3.09. The Labute approximate surface area is 313 Å². The van der Waals surface area contributed by atoms with Crippen molar-refractivity contribution in [2.45, 2.75) is 83.9 Å². The molecule has 0 fully saturated rings. The van der Waals surface area contributed by atoms with Crippen molar-refractivity contribution in [2.75, 3.05) is 11.8 Å². The molecule has 0 spiro atoms. The van der Waals surface area contributed by atoms with Crippen LogP contribution in [0.5, 0.6) is 5.88 Å². The summed E-state index contributed by atoms with van der Waals surface area (Å²) in [7, 11) is -2.22. The van der Waals surface area contributed by atoms with E-state index >= 15 is 0 Å². The molecule has 2 N–H and O–H groups in total. The zero-order chi connectivity index (χ0) is 38.5. The van der Waals surface area contributed by atoms with Crippen LogP contribution in [0.15, 0.2) is 102 Å². The van der Waals surface area contributed by atoms with Gasteiger partial charge in [0.15, 0.2) is 6.10 Å². The van der Waals surface area contributed by atoms with Crippen LogP contribution in [0.1, 0.15) is 85.4 Å². The van der Waals surface area contributed by atoms with Crippen LogP contribution in [0.3, 0.4) is 0 Å². The molecular formula is C42H49N5O5S. The first-order chi connectivity index (χ1) is 25.0. The summed E-state index contributed by atoms with van der Waals surface area (Å²) in [6.45, 7) is 15.4. The zero-order valence-electron chi connectivity index (χ0n) is 31.7. The summed E-state index contributed by atoms with van der Waals surface area (Å²) >= 11 is 0. The lowest BCUT2D eigenvalue weighted by Gasteiger charge is -2.35. The molecule has 0 aliphatic rings. The smallest absolute Gasteiger partial charge is 0.335 e. The first-order valence-corrected chi connectivity index (χ1v) is 19.2. The van der Waals surface area contributed by atoms with E-state index in [0.717, 1.165) is 40.3 Å². The van der Waals surface area contributed by atoms with Gasteiger partial charge in [0.25, 0.3) is 10.0 Å². The molecule has 0 unspecified atom stereocenters. The highest BCUT2D eigenvalue weighted by Crippen LogP contribution is 2.35. The lowest BCUT2D eigenvalue weighted by molar-refractivity contribution is 0.0581. The van der Waals surface area contributed by atoms with Gasteiger partial charge in [-0.05, 0) is 85.2 Å². The number of pyridine rings is 1. The zero-order valence-corrected chi connectivity index (χ0v) is 32.5. The molecule has 11 heteroatoms. The number of hydrogen-bond donors (Lipinski definition) is 2. The minimum absolute atomic E-state index is 0.105. The minimum atomic E-state index is -4.30. The summed E-state index contributed by atoms with van der Waals surface area (Å²) in [6, 6.07) is 26.9. The highest BCUT2D eigenvalue weighted by atomic mass is 32.2. The van der Waals surface area contributed by atoms with Crippen LogP contribution >= 0.6 is 0 Å². The molecule has 0 radical (unpaired) electrons. The van der Waals surface area contributed by atoms with Gasteiger partial charge in [0.1, 0.15) is 0 Å². The van der Waals surface area contributed by atoms with Gasteiger partial charge in [-0.3, -0.25) is 9.88 Å². The number of aromatic nitrogens is 3. The second kappa shape index (κ2) is 16.3. The summed E-state index contributed by atoms with van der Waals surface area (Å²) in [6.07, 6.45) is 2.05. The maximum absolute atomic E-state index is 13.7. The molecule has 0 saturated carbocycles. The molecule has 278 valence electrons. The van der Waals surface area contributed by atoms with E-state index in [-0.39, 0.29) is 33.7 Å². The van der Waals surface area contributed by atoms with E-state index in [1.54, 1.807) is 6.07 Å². The van der Waals surface area contributed by atoms with Crippen LogP contribution in [0.2, 0.25) is 0 Å². The fraction of sp³-hybridized carbons (Fsp3) is 0.333. The van der Waals surface area contributed by atoms with Crippen molar-refractivity contribution >= 4 is 21.9 Å². The maximum Gasteiger partial charge on any atom is 0.335 e. The number of nitrogens with one attached hydrogen (secondary N) is 1. The number of hydrogen-bond acceptors (Lipinski definition) is 8. The molecule has 5 aromatic rings. The fourth-order valence-electron chi connectivity index (χ4n) is 6.34. The predicted molar refractivity (Wildman–Crippen MR) is 209 cm³/mol. The number of aromatic carboxylic acids is 1. The van der Waals surface area contributed by atoms with Gasteiger partial charge in [-0.2, -0.15) is 4.98 Å². The summed E-state index contributed by atoms with van der Waals surface area (Å²) in [5.41, 5.74) is 5.85. The van der Waals surface area contributed by atoms with Crippen LogP contribution in [0, 0.1) is 19.8 Å². The van der Waals surface area contributed by atoms with E-state index in [9.17, 15) is 18.3 Å². The third-order valence-electron chi connectivity index (χ3n) is 9.15. The van der Waals surface area contributed by atoms with Gasteiger partial charge in [-0.25, -0.2) is 22.9 Å². The number of aryl methyl sites for hydroxylation is 2. The second-order valence-electron chi connectivity index (χ2n) is 15.0. The highest BCUT2D eigenvalue weighted by Gasteiger charge is 2.32. The molecule has 0 aliphatic heterocycles. The molecule has 0 saturated heterocycles. The summed E-state index contributed by atoms with van der Waals surface area (Å²) < 4.78 is 36.8. The largest absolute Gasteiger partial charge is 0.478 e. The van der Waals surface area contributed by atoms with Crippen molar-refractivity contribution in [3.63, 3.8) is 0 Å². The number of sulfonamides is 1. The van der Waals surface area contributed by atoms with Gasteiger partial charge in [-0.1, -0.05) is 95.3 Å². The molecule has 0 bridgehead atoms. The van der Waals surface area contributed by atoms with Crippen LogP contribution in [-0.4, -0.2) is 52.4 Å². The van der Waals surface area contributed by atoms with E-state index < -0.39 is 22.1 Å². The molecule has 10 nitrogen and oxygen atoms in total. The number of nitrogens with zero attached hydrogens (tertiary/aromatic N) is 4. The van der Waals surface area contributed by atoms with Crippen LogP contribution < -0.4 is 9.46 Å². The van der Waals surface area contributed by atoms with Crippen LogP contribution in [0.4, 0.5) is 5.95 Å². The highest BCUT2D eigenvalue weighted by molar-refractivity contribution is 7.92. The standard InChI is InChI=1S/C42H49N5O5S/c1-27(2)22-36(47(8)26-30-16-10-9-11-17-30)39(34-21-20-32(25-43-34)42(5,6)7)52-37-24-35(38-28(3)14-12-15-29(38)4)44-41(45-37)46-53(50,51)33-19-13-18-31(23-33)40(48)49/h9-21,23-25,27,36,39H,22,26H2,1-8H3,(H,48,49)(H,44,45,46)/t36-,39-/m1/s1. The molecule has 2 heterocycles. The van der Waals surface area contributed by atoms with Gasteiger partial charge < -0.3 is 9.84 Å². The molecular weight excluding hydrogens is 687 g/mol. The van der Waals surface area contributed by atoms with E-state index in [1.165, 1.54) is 18.2 Å². The Morgan fingerprint density at radius 3 is 2.19 bits per heavy atom. The number of carboxylic acids is 1.